The smallest absolute Gasteiger partial charge is 0.344 e. The van der Waals surface area contributed by atoms with E-state index in [1.54, 1.807) is 12.1 Å². The van der Waals surface area contributed by atoms with Crippen LogP contribution < -0.4 is 0 Å². The fourth-order valence-corrected chi connectivity index (χ4v) is 1.62. The lowest BCUT2D eigenvalue weighted by molar-refractivity contribution is -0.134. The molecule has 0 saturated heterocycles. The molecule has 1 aliphatic heterocycles. The average molecular weight is 218 g/mol. The van der Waals surface area contributed by atoms with E-state index in [1.807, 2.05) is 13.0 Å². The lowest BCUT2D eigenvalue weighted by Gasteiger charge is -1.98. The van der Waals surface area contributed by atoms with Gasteiger partial charge in [0.25, 0.3) is 0 Å². The molecule has 0 saturated carbocycles. The van der Waals surface area contributed by atoms with Crippen LogP contribution in [0.5, 0.6) is 0 Å². The van der Waals surface area contributed by atoms with Crippen molar-refractivity contribution in [2.75, 3.05) is 7.11 Å². The normalized spacial score (nSPS) is 15.9. The Hall–Kier alpha value is -2.10. The predicted molar refractivity (Wildman–Crippen MR) is 56.6 cm³/mol. The molecule has 4 nitrogen and oxygen atoms in total. The van der Waals surface area contributed by atoms with Gasteiger partial charge < -0.3 is 9.47 Å². The van der Waals surface area contributed by atoms with Crippen LogP contribution in [0.25, 0.3) is 5.76 Å². The van der Waals surface area contributed by atoms with Crippen LogP contribution in [0.3, 0.4) is 0 Å². The molecule has 0 unspecified atom stereocenters. The summed E-state index contributed by atoms with van der Waals surface area (Å²) in [5.41, 5.74) is 1.98. The van der Waals surface area contributed by atoms with Crippen LogP contribution in [0.15, 0.2) is 24.3 Å². The second kappa shape index (κ2) is 3.81. The fraction of sp³-hybridized carbons (Fsp3) is 0.167. The van der Waals surface area contributed by atoms with E-state index in [2.05, 4.69) is 4.74 Å². The lowest BCUT2D eigenvalue weighted by atomic mass is 10.0. The number of hydrogen-bond donors (Lipinski definition) is 0. The molecule has 1 aromatic rings. The van der Waals surface area contributed by atoms with Gasteiger partial charge in [-0.2, -0.15) is 0 Å². The Morgan fingerprint density at radius 1 is 1.44 bits per heavy atom. The third-order valence-electron chi connectivity index (χ3n) is 2.40. The van der Waals surface area contributed by atoms with Gasteiger partial charge in [0.1, 0.15) is 5.76 Å². The molecule has 82 valence electrons. The number of esters is 2. The first-order chi connectivity index (χ1) is 7.63. The van der Waals surface area contributed by atoms with Crippen molar-refractivity contribution in [3.05, 3.63) is 41.0 Å². The van der Waals surface area contributed by atoms with Gasteiger partial charge in [0, 0.05) is 5.56 Å². The molecule has 0 aliphatic carbocycles. The van der Waals surface area contributed by atoms with Crippen molar-refractivity contribution in [3.8, 4) is 0 Å². The highest BCUT2D eigenvalue weighted by atomic mass is 16.5. The number of methoxy groups -OCH3 is 1. The number of ether oxygens (including phenoxy) is 2. The number of fused-ring (bicyclic) bond motifs is 1. The summed E-state index contributed by atoms with van der Waals surface area (Å²) < 4.78 is 9.49. The first kappa shape index (κ1) is 10.4. The molecule has 0 fully saturated rings. The van der Waals surface area contributed by atoms with Crippen LogP contribution in [0, 0.1) is 6.92 Å². The van der Waals surface area contributed by atoms with E-state index in [0.717, 1.165) is 5.56 Å². The van der Waals surface area contributed by atoms with Gasteiger partial charge in [-0.25, -0.2) is 9.59 Å². The van der Waals surface area contributed by atoms with Crippen molar-refractivity contribution in [1.82, 2.24) is 0 Å². The second-order valence-electron chi connectivity index (χ2n) is 3.42. The monoisotopic (exact) mass is 218 g/mol. The van der Waals surface area contributed by atoms with E-state index in [0.29, 0.717) is 11.1 Å². The summed E-state index contributed by atoms with van der Waals surface area (Å²) in [5, 5.41) is 0. The fourth-order valence-electron chi connectivity index (χ4n) is 1.62. The Bertz CT molecular complexity index is 500. The standard InChI is InChI=1S/C12H10O4/c1-7-4-3-5-8-9(6-10(13)15-2)16-12(14)11(7)8/h3-6H,1-2H3/b9-6+. The summed E-state index contributed by atoms with van der Waals surface area (Å²) in [4.78, 5) is 22.6. The summed E-state index contributed by atoms with van der Waals surface area (Å²) in [5.74, 6) is -0.726. The Morgan fingerprint density at radius 3 is 2.88 bits per heavy atom. The van der Waals surface area contributed by atoms with Crippen molar-refractivity contribution in [1.29, 1.82) is 0 Å². The topological polar surface area (TPSA) is 52.6 Å². The van der Waals surface area contributed by atoms with Gasteiger partial charge in [-0.05, 0) is 12.5 Å². The van der Waals surface area contributed by atoms with E-state index < -0.39 is 11.9 Å². The van der Waals surface area contributed by atoms with E-state index in [9.17, 15) is 9.59 Å². The maximum absolute atomic E-state index is 11.6. The molecule has 0 bridgehead atoms. The SMILES string of the molecule is COC(=O)/C=C1/OC(=O)c2c(C)cccc21. The molecule has 1 aliphatic rings. The van der Waals surface area contributed by atoms with Crippen LogP contribution in [0.2, 0.25) is 0 Å². The molecule has 1 aromatic carbocycles. The van der Waals surface area contributed by atoms with Gasteiger partial charge in [-0.1, -0.05) is 18.2 Å². The number of aryl methyl sites for hydroxylation is 1. The Morgan fingerprint density at radius 2 is 2.19 bits per heavy atom. The van der Waals surface area contributed by atoms with Crippen molar-refractivity contribution in [2.45, 2.75) is 6.92 Å². The summed E-state index contributed by atoms with van der Waals surface area (Å²) in [6, 6.07) is 5.37. The first-order valence-electron chi connectivity index (χ1n) is 4.75. The number of carbonyl (C=O) groups excluding carboxylic acids is 2. The van der Waals surface area contributed by atoms with Crippen LogP contribution in [0.1, 0.15) is 21.5 Å². The van der Waals surface area contributed by atoms with E-state index in [-0.39, 0.29) is 5.76 Å². The molecule has 1 heterocycles. The Balaban J connectivity index is 2.52. The summed E-state index contributed by atoms with van der Waals surface area (Å²) in [6.45, 7) is 1.82. The van der Waals surface area contributed by atoms with Gasteiger partial charge in [-0.3, -0.25) is 0 Å². The second-order valence-corrected chi connectivity index (χ2v) is 3.42. The highest BCUT2D eigenvalue weighted by Gasteiger charge is 2.28. The quantitative estimate of drug-likeness (QED) is 0.531. The molecule has 0 N–H and O–H groups in total. The minimum atomic E-state index is -0.544. The number of carbonyl (C=O) groups is 2. The zero-order valence-electron chi connectivity index (χ0n) is 8.94. The highest BCUT2D eigenvalue weighted by Crippen LogP contribution is 2.31. The van der Waals surface area contributed by atoms with E-state index >= 15 is 0 Å². The molecule has 0 radical (unpaired) electrons. The zero-order valence-corrected chi connectivity index (χ0v) is 8.94. The van der Waals surface area contributed by atoms with Gasteiger partial charge in [0.05, 0.1) is 18.7 Å². The van der Waals surface area contributed by atoms with Gasteiger partial charge in [0.2, 0.25) is 0 Å². The number of cyclic esters (lactones) is 1. The molecular weight excluding hydrogens is 208 g/mol. The maximum atomic E-state index is 11.6. The number of benzene rings is 1. The third kappa shape index (κ3) is 1.58. The summed E-state index contributed by atoms with van der Waals surface area (Å²) in [6.07, 6.45) is 1.17. The van der Waals surface area contributed by atoms with Crippen LogP contribution >= 0.6 is 0 Å². The number of hydrogen-bond acceptors (Lipinski definition) is 4. The molecule has 0 atom stereocenters. The minimum absolute atomic E-state index is 0.246. The molecule has 0 spiro atoms. The summed E-state index contributed by atoms with van der Waals surface area (Å²) >= 11 is 0. The van der Waals surface area contributed by atoms with Gasteiger partial charge >= 0.3 is 11.9 Å². The van der Waals surface area contributed by atoms with Gasteiger partial charge in [0.15, 0.2) is 0 Å². The molecule has 4 heteroatoms. The molecule has 0 aromatic heterocycles. The van der Waals surface area contributed by atoms with Crippen LogP contribution in [0.4, 0.5) is 0 Å². The van der Waals surface area contributed by atoms with E-state index in [1.165, 1.54) is 13.2 Å². The first-order valence-corrected chi connectivity index (χ1v) is 4.75. The summed E-state index contributed by atoms with van der Waals surface area (Å²) in [7, 11) is 1.27. The van der Waals surface area contributed by atoms with Crippen LogP contribution in [-0.4, -0.2) is 19.0 Å². The zero-order chi connectivity index (χ0) is 11.7. The molecular formula is C12H10O4. The van der Waals surface area contributed by atoms with E-state index in [4.69, 9.17) is 4.74 Å². The highest BCUT2D eigenvalue weighted by molar-refractivity contribution is 6.06. The lowest BCUT2D eigenvalue weighted by Crippen LogP contribution is -1.97. The Kier molecular flexibility index (Phi) is 2.48. The van der Waals surface area contributed by atoms with Crippen molar-refractivity contribution < 1.29 is 19.1 Å². The number of rotatable bonds is 1. The predicted octanol–water partition coefficient (Wildman–Crippen LogP) is 1.68. The third-order valence-corrected chi connectivity index (χ3v) is 2.40. The Labute approximate surface area is 92.5 Å². The van der Waals surface area contributed by atoms with Crippen LogP contribution in [-0.2, 0) is 14.3 Å². The molecule has 16 heavy (non-hydrogen) atoms. The van der Waals surface area contributed by atoms with Gasteiger partial charge in [-0.15, -0.1) is 0 Å². The van der Waals surface area contributed by atoms with Crippen molar-refractivity contribution >= 4 is 17.7 Å². The van der Waals surface area contributed by atoms with Crippen molar-refractivity contribution in [3.63, 3.8) is 0 Å². The maximum Gasteiger partial charge on any atom is 0.344 e. The minimum Gasteiger partial charge on any atom is -0.466 e. The molecule has 0 amide bonds. The molecule has 2 rings (SSSR count). The average Bonchev–Trinajstić information content (AvgIpc) is 2.57. The largest absolute Gasteiger partial charge is 0.466 e. The van der Waals surface area contributed by atoms with Crippen molar-refractivity contribution in [2.24, 2.45) is 0 Å².